The standard InChI is InChI=1S/C23H27F3N6O3S/c1-9-15(21-31-17-14(36-21)5-6-27-16(17)11-3-4-11)20(30-13-7-12(8-33)18(34)19(13)35)32-22(28-9)29-10(2)23(24,25)26/h5-6,10-13,18-19,33-35H,3-4,7-8H2,1-2H3,(H2,28,29,30,32)/t10-,12-,13?,18-,19+/m1/s1. The summed E-state index contributed by atoms with van der Waals surface area (Å²) in [5.74, 6) is -0.202. The number of pyridine rings is 1. The van der Waals surface area contributed by atoms with E-state index in [1.54, 1.807) is 13.1 Å². The molecule has 2 aliphatic rings. The Morgan fingerprint density at radius 2 is 1.92 bits per heavy atom. The number of rotatable bonds is 7. The summed E-state index contributed by atoms with van der Waals surface area (Å²) in [7, 11) is 0. The molecule has 3 heterocycles. The predicted octanol–water partition coefficient (Wildman–Crippen LogP) is 3.21. The molecular weight excluding hydrogens is 497 g/mol. The summed E-state index contributed by atoms with van der Waals surface area (Å²) in [4.78, 5) is 17.9. The Kier molecular flexibility index (Phi) is 6.52. The Bertz CT molecular complexity index is 1270. The van der Waals surface area contributed by atoms with Crippen molar-refractivity contribution in [2.45, 2.75) is 69.5 Å². The molecule has 3 aromatic heterocycles. The van der Waals surface area contributed by atoms with Crippen LogP contribution in [-0.4, -0.2) is 72.3 Å². The van der Waals surface area contributed by atoms with Crippen LogP contribution in [0.2, 0.25) is 0 Å². The molecule has 5 atom stereocenters. The Balaban J connectivity index is 1.57. The third kappa shape index (κ3) is 4.72. The van der Waals surface area contributed by atoms with Gasteiger partial charge in [-0.1, -0.05) is 0 Å². The van der Waals surface area contributed by atoms with Crippen LogP contribution in [0.3, 0.4) is 0 Å². The Hall–Kier alpha value is -2.61. The van der Waals surface area contributed by atoms with Gasteiger partial charge in [-0.15, -0.1) is 11.3 Å². The second-order valence-corrected chi connectivity index (χ2v) is 10.5. The predicted molar refractivity (Wildman–Crippen MR) is 129 cm³/mol. The fraction of sp³-hybridized carbons (Fsp3) is 0.565. The van der Waals surface area contributed by atoms with Gasteiger partial charge in [-0.2, -0.15) is 18.2 Å². The van der Waals surface area contributed by atoms with Crippen LogP contribution in [0.15, 0.2) is 12.3 Å². The molecule has 1 unspecified atom stereocenters. The van der Waals surface area contributed by atoms with Crippen molar-refractivity contribution < 1.29 is 28.5 Å². The van der Waals surface area contributed by atoms with Gasteiger partial charge in [-0.05, 0) is 39.2 Å². The summed E-state index contributed by atoms with van der Waals surface area (Å²) >= 11 is 1.40. The van der Waals surface area contributed by atoms with E-state index in [1.165, 1.54) is 11.3 Å². The third-order valence-electron chi connectivity index (χ3n) is 6.80. The molecule has 194 valence electrons. The molecule has 0 aliphatic heterocycles. The van der Waals surface area contributed by atoms with E-state index in [0.717, 1.165) is 35.7 Å². The number of aromatic nitrogens is 4. The summed E-state index contributed by atoms with van der Waals surface area (Å²) in [6.07, 6.45) is -2.73. The summed E-state index contributed by atoms with van der Waals surface area (Å²) < 4.78 is 40.5. The second-order valence-electron chi connectivity index (χ2n) is 9.51. The molecule has 0 radical (unpaired) electrons. The van der Waals surface area contributed by atoms with E-state index in [-0.39, 0.29) is 24.8 Å². The van der Waals surface area contributed by atoms with Crippen molar-refractivity contribution in [1.82, 2.24) is 19.9 Å². The monoisotopic (exact) mass is 524 g/mol. The van der Waals surface area contributed by atoms with Crippen molar-refractivity contribution in [2.75, 3.05) is 17.2 Å². The average molecular weight is 525 g/mol. The molecule has 5 N–H and O–H groups in total. The van der Waals surface area contributed by atoms with Crippen molar-refractivity contribution in [3.63, 3.8) is 0 Å². The number of aliphatic hydroxyl groups excluding tert-OH is 3. The highest BCUT2D eigenvalue weighted by Gasteiger charge is 2.42. The van der Waals surface area contributed by atoms with Gasteiger partial charge in [-0.25, -0.2) is 9.97 Å². The molecule has 13 heteroatoms. The van der Waals surface area contributed by atoms with Crippen molar-refractivity contribution in [3.05, 3.63) is 23.7 Å². The first-order valence-corrected chi connectivity index (χ1v) is 12.6. The number of fused-ring (bicyclic) bond motifs is 1. The second kappa shape index (κ2) is 9.36. The van der Waals surface area contributed by atoms with Crippen LogP contribution in [0.1, 0.15) is 43.5 Å². The Morgan fingerprint density at radius 1 is 1.17 bits per heavy atom. The van der Waals surface area contributed by atoms with E-state index in [1.807, 2.05) is 6.07 Å². The number of aliphatic hydroxyl groups is 3. The maximum absolute atomic E-state index is 13.2. The summed E-state index contributed by atoms with van der Waals surface area (Å²) in [6.45, 7) is 2.33. The highest BCUT2D eigenvalue weighted by Crippen LogP contribution is 2.44. The van der Waals surface area contributed by atoms with E-state index in [9.17, 15) is 28.5 Å². The highest BCUT2D eigenvalue weighted by atomic mass is 32.1. The van der Waals surface area contributed by atoms with Gasteiger partial charge >= 0.3 is 6.18 Å². The topological polar surface area (TPSA) is 136 Å². The lowest BCUT2D eigenvalue weighted by Gasteiger charge is -2.22. The minimum atomic E-state index is -4.50. The summed E-state index contributed by atoms with van der Waals surface area (Å²) in [6, 6.07) is -0.700. The zero-order chi connectivity index (χ0) is 25.8. The molecule has 2 fully saturated rings. The fourth-order valence-corrected chi connectivity index (χ4v) is 5.60. The van der Waals surface area contributed by atoms with Gasteiger partial charge in [0, 0.05) is 24.6 Å². The maximum atomic E-state index is 13.2. The zero-order valence-electron chi connectivity index (χ0n) is 19.6. The number of nitrogens with one attached hydrogen (secondary N) is 2. The maximum Gasteiger partial charge on any atom is 0.408 e. The Labute approximate surface area is 208 Å². The first-order chi connectivity index (χ1) is 17.1. The molecule has 9 nitrogen and oxygen atoms in total. The smallest absolute Gasteiger partial charge is 0.396 e. The largest absolute Gasteiger partial charge is 0.408 e. The number of halogens is 3. The van der Waals surface area contributed by atoms with Gasteiger partial charge in [0.1, 0.15) is 28.5 Å². The van der Waals surface area contributed by atoms with Crippen LogP contribution in [0, 0.1) is 12.8 Å². The quantitative estimate of drug-likeness (QED) is 0.316. The van der Waals surface area contributed by atoms with Crippen molar-refractivity contribution in [1.29, 1.82) is 0 Å². The van der Waals surface area contributed by atoms with Crippen LogP contribution in [0.25, 0.3) is 20.8 Å². The van der Waals surface area contributed by atoms with Crippen LogP contribution in [-0.2, 0) is 0 Å². The summed E-state index contributed by atoms with van der Waals surface area (Å²) in [5.41, 5.74) is 2.61. The van der Waals surface area contributed by atoms with Crippen LogP contribution >= 0.6 is 11.3 Å². The third-order valence-corrected chi connectivity index (χ3v) is 7.84. The van der Waals surface area contributed by atoms with Gasteiger partial charge in [-0.3, -0.25) is 4.98 Å². The Morgan fingerprint density at radius 3 is 2.56 bits per heavy atom. The molecule has 36 heavy (non-hydrogen) atoms. The molecular formula is C23H27F3N6O3S. The number of anilines is 2. The number of thiazole rings is 1. The minimum Gasteiger partial charge on any atom is -0.396 e. The highest BCUT2D eigenvalue weighted by molar-refractivity contribution is 7.21. The molecule has 0 amide bonds. The molecule has 0 bridgehead atoms. The van der Waals surface area contributed by atoms with Gasteiger partial charge in [0.15, 0.2) is 0 Å². The number of nitrogens with zero attached hydrogens (tertiary/aromatic N) is 4. The number of hydrogen-bond acceptors (Lipinski definition) is 10. The minimum absolute atomic E-state index is 0.189. The van der Waals surface area contributed by atoms with Gasteiger partial charge in [0.25, 0.3) is 0 Å². The average Bonchev–Trinajstić information content (AvgIpc) is 3.51. The first kappa shape index (κ1) is 25.1. The zero-order valence-corrected chi connectivity index (χ0v) is 20.4. The van der Waals surface area contributed by atoms with E-state index in [2.05, 4.69) is 25.6 Å². The molecule has 0 aromatic carbocycles. The molecule has 5 rings (SSSR count). The van der Waals surface area contributed by atoms with E-state index >= 15 is 0 Å². The van der Waals surface area contributed by atoms with Crippen LogP contribution in [0.5, 0.6) is 0 Å². The van der Waals surface area contributed by atoms with Crippen molar-refractivity contribution in [2.24, 2.45) is 5.92 Å². The van der Waals surface area contributed by atoms with Crippen LogP contribution < -0.4 is 10.6 Å². The van der Waals surface area contributed by atoms with Crippen molar-refractivity contribution in [3.8, 4) is 10.6 Å². The van der Waals surface area contributed by atoms with E-state index < -0.39 is 36.4 Å². The fourth-order valence-electron chi connectivity index (χ4n) is 4.54. The SMILES string of the molecule is Cc1nc(N[C@H](C)C(F)(F)F)nc(NC2C[C@H](CO)[C@@H](O)[C@H]2O)c1-c1nc2c(C3CC3)nccc2s1. The molecule has 2 saturated carbocycles. The molecule has 0 spiro atoms. The first-order valence-electron chi connectivity index (χ1n) is 11.8. The van der Waals surface area contributed by atoms with Gasteiger partial charge in [0.2, 0.25) is 5.95 Å². The van der Waals surface area contributed by atoms with E-state index in [4.69, 9.17) is 4.98 Å². The normalized spacial score (nSPS) is 25.3. The van der Waals surface area contributed by atoms with Gasteiger partial charge in [0.05, 0.1) is 33.8 Å². The number of aryl methyl sites for hydroxylation is 1. The molecule has 3 aromatic rings. The lowest BCUT2D eigenvalue weighted by Crippen LogP contribution is -2.36. The number of hydrogen-bond donors (Lipinski definition) is 5. The molecule has 2 aliphatic carbocycles. The van der Waals surface area contributed by atoms with Crippen molar-refractivity contribution >= 4 is 33.3 Å². The number of alkyl halides is 3. The van der Waals surface area contributed by atoms with E-state index in [0.29, 0.717) is 22.2 Å². The summed E-state index contributed by atoms with van der Waals surface area (Å²) in [5, 5.41) is 36.3. The lowest BCUT2D eigenvalue weighted by molar-refractivity contribution is -0.138. The lowest BCUT2D eigenvalue weighted by atomic mass is 10.1. The van der Waals surface area contributed by atoms with Gasteiger partial charge < -0.3 is 26.0 Å². The van der Waals surface area contributed by atoms with Crippen LogP contribution in [0.4, 0.5) is 24.9 Å². The molecule has 0 saturated heterocycles.